The number of nitrogens with zero attached hydrogens (tertiary/aromatic N) is 2. The maximum atomic E-state index is 12.5. The van der Waals surface area contributed by atoms with Crippen molar-refractivity contribution in [3.8, 4) is 11.1 Å². The van der Waals surface area contributed by atoms with Crippen molar-refractivity contribution in [2.24, 2.45) is 0 Å². The van der Waals surface area contributed by atoms with Crippen molar-refractivity contribution in [2.75, 3.05) is 11.9 Å². The van der Waals surface area contributed by atoms with Gasteiger partial charge in [-0.1, -0.05) is 30.3 Å². The van der Waals surface area contributed by atoms with Crippen LogP contribution in [-0.2, 0) is 9.53 Å². The lowest BCUT2D eigenvalue weighted by Crippen LogP contribution is -2.21. The summed E-state index contributed by atoms with van der Waals surface area (Å²) < 4.78 is 5.14. The van der Waals surface area contributed by atoms with Gasteiger partial charge in [0.1, 0.15) is 6.33 Å². The third-order valence-electron chi connectivity index (χ3n) is 3.91. The molecule has 0 aliphatic carbocycles. The van der Waals surface area contributed by atoms with Crippen molar-refractivity contribution >= 4 is 23.3 Å². The van der Waals surface area contributed by atoms with Crippen molar-refractivity contribution < 1.29 is 19.1 Å². The Morgan fingerprint density at radius 1 is 1.00 bits per heavy atom. The van der Waals surface area contributed by atoms with Gasteiger partial charge in [-0.2, -0.15) is 0 Å². The summed E-state index contributed by atoms with van der Waals surface area (Å²) in [5.41, 5.74) is 2.52. The zero-order chi connectivity index (χ0) is 19.9. The molecular weight excluding hydrogens is 358 g/mol. The summed E-state index contributed by atoms with van der Waals surface area (Å²) in [6.07, 6.45) is 4.58. The van der Waals surface area contributed by atoms with Gasteiger partial charge in [-0.15, -0.1) is 0 Å². The molecule has 0 aliphatic heterocycles. The average Bonchev–Trinajstić information content (AvgIpc) is 2.73. The minimum atomic E-state index is -0.632. The number of aromatic nitrogens is 2. The number of anilines is 1. The van der Waals surface area contributed by atoms with E-state index in [-0.39, 0.29) is 5.78 Å². The number of ketones is 1. The molecule has 3 aromatic rings. The monoisotopic (exact) mass is 375 g/mol. The summed E-state index contributed by atoms with van der Waals surface area (Å²) in [5, 5.41) is 2.60. The van der Waals surface area contributed by atoms with E-state index in [0.29, 0.717) is 27.9 Å². The lowest BCUT2D eigenvalue weighted by Gasteiger charge is -2.10. The van der Waals surface area contributed by atoms with Crippen LogP contribution >= 0.6 is 0 Å². The molecule has 0 saturated carbocycles. The number of hydrogen-bond donors (Lipinski definition) is 1. The molecule has 0 fully saturated rings. The molecule has 1 heterocycles. The molecule has 0 aliphatic rings. The number of carbonyl (C=O) groups excluding carboxylic acids is 3. The van der Waals surface area contributed by atoms with Crippen molar-refractivity contribution in [3.05, 3.63) is 78.4 Å². The number of hydrogen-bond acceptors (Lipinski definition) is 6. The largest absolute Gasteiger partial charge is 0.452 e. The Balaban J connectivity index is 1.66. The highest BCUT2D eigenvalue weighted by Crippen LogP contribution is 2.22. The summed E-state index contributed by atoms with van der Waals surface area (Å²) in [6.45, 7) is 0.987. The lowest BCUT2D eigenvalue weighted by atomic mass is 10.0. The van der Waals surface area contributed by atoms with Gasteiger partial charge in [-0.25, -0.2) is 14.8 Å². The van der Waals surface area contributed by atoms with E-state index in [2.05, 4.69) is 15.3 Å². The van der Waals surface area contributed by atoms with Crippen LogP contribution in [0.2, 0.25) is 0 Å². The first-order chi connectivity index (χ1) is 13.5. The van der Waals surface area contributed by atoms with E-state index in [1.807, 2.05) is 0 Å². The Morgan fingerprint density at radius 2 is 1.75 bits per heavy atom. The van der Waals surface area contributed by atoms with E-state index in [9.17, 15) is 14.4 Å². The number of ether oxygens (including phenoxy) is 1. The topological polar surface area (TPSA) is 98.2 Å². The minimum Gasteiger partial charge on any atom is -0.452 e. The number of nitrogens with one attached hydrogen (secondary N) is 1. The molecule has 3 rings (SSSR count). The van der Waals surface area contributed by atoms with Gasteiger partial charge in [-0.3, -0.25) is 9.59 Å². The molecule has 7 heteroatoms. The lowest BCUT2D eigenvalue weighted by molar-refractivity contribution is -0.119. The van der Waals surface area contributed by atoms with E-state index in [0.717, 1.165) is 0 Å². The summed E-state index contributed by atoms with van der Waals surface area (Å²) in [6, 6.07) is 13.4. The van der Waals surface area contributed by atoms with Crippen LogP contribution in [0.5, 0.6) is 0 Å². The third kappa shape index (κ3) is 4.64. The summed E-state index contributed by atoms with van der Waals surface area (Å²) >= 11 is 0. The van der Waals surface area contributed by atoms with E-state index in [4.69, 9.17) is 4.74 Å². The molecule has 0 radical (unpaired) electrons. The molecule has 7 nitrogen and oxygen atoms in total. The van der Waals surface area contributed by atoms with Crippen LogP contribution in [-0.4, -0.2) is 34.2 Å². The Labute approximate surface area is 161 Å². The van der Waals surface area contributed by atoms with E-state index in [1.165, 1.54) is 13.3 Å². The highest BCUT2D eigenvalue weighted by Gasteiger charge is 2.16. The maximum Gasteiger partial charge on any atom is 0.339 e. The normalized spacial score (nSPS) is 10.2. The maximum absolute atomic E-state index is 12.5. The molecule has 0 saturated heterocycles. The first-order valence-corrected chi connectivity index (χ1v) is 8.47. The third-order valence-corrected chi connectivity index (χ3v) is 3.91. The fraction of sp³-hybridized carbons (Fsp3) is 0.0952. The van der Waals surface area contributed by atoms with Crippen LogP contribution in [0.3, 0.4) is 0 Å². The van der Waals surface area contributed by atoms with Gasteiger partial charge < -0.3 is 10.1 Å². The molecule has 0 atom stereocenters. The molecule has 2 aromatic carbocycles. The molecule has 1 N–H and O–H groups in total. The van der Waals surface area contributed by atoms with Crippen LogP contribution in [0.15, 0.2) is 67.3 Å². The second-order valence-corrected chi connectivity index (χ2v) is 5.93. The highest BCUT2D eigenvalue weighted by molar-refractivity contribution is 6.00. The number of carbonyl (C=O) groups is 3. The predicted molar refractivity (Wildman–Crippen MR) is 103 cm³/mol. The van der Waals surface area contributed by atoms with E-state index >= 15 is 0 Å². The highest BCUT2D eigenvalue weighted by atomic mass is 16.5. The Bertz CT molecular complexity index is 1020. The summed E-state index contributed by atoms with van der Waals surface area (Å²) in [5.74, 6) is -1.24. The zero-order valence-electron chi connectivity index (χ0n) is 15.1. The number of rotatable bonds is 6. The number of benzene rings is 2. The fourth-order valence-electron chi connectivity index (χ4n) is 2.57. The Hall–Kier alpha value is -3.87. The molecular formula is C21H17N3O4. The number of amides is 1. The standard InChI is InChI=1S/C21H17N3O4/c1-14(25)15-5-4-6-17(9-15)24-20(26)12-28-21(27)19-8-3-2-7-18(19)16-10-22-13-23-11-16/h2-11,13H,12H2,1H3,(H,24,26). The second-order valence-electron chi connectivity index (χ2n) is 5.93. The van der Waals surface area contributed by atoms with Gasteiger partial charge in [0.15, 0.2) is 12.4 Å². The predicted octanol–water partition coefficient (Wildman–Crippen LogP) is 3.14. The molecule has 1 amide bonds. The zero-order valence-corrected chi connectivity index (χ0v) is 15.1. The molecule has 0 bridgehead atoms. The first kappa shape index (κ1) is 18.9. The SMILES string of the molecule is CC(=O)c1cccc(NC(=O)COC(=O)c2ccccc2-c2cncnc2)c1. The Kier molecular flexibility index (Phi) is 5.86. The molecule has 0 spiro atoms. The smallest absolute Gasteiger partial charge is 0.339 e. The quantitative estimate of drug-likeness (QED) is 0.525. The Morgan fingerprint density at radius 3 is 2.50 bits per heavy atom. The molecule has 1 aromatic heterocycles. The van der Waals surface area contributed by atoms with E-state index in [1.54, 1.807) is 60.9 Å². The van der Waals surface area contributed by atoms with Gasteiger partial charge in [0, 0.05) is 29.2 Å². The van der Waals surface area contributed by atoms with Crippen LogP contribution in [0.1, 0.15) is 27.6 Å². The molecule has 140 valence electrons. The van der Waals surface area contributed by atoms with Crippen LogP contribution in [0.4, 0.5) is 5.69 Å². The van der Waals surface area contributed by atoms with E-state index < -0.39 is 18.5 Å². The van der Waals surface area contributed by atoms with Gasteiger partial charge in [0.05, 0.1) is 5.56 Å². The van der Waals surface area contributed by atoms with Gasteiger partial charge >= 0.3 is 5.97 Å². The average molecular weight is 375 g/mol. The van der Waals surface area contributed by atoms with Gasteiger partial charge in [-0.05, 0) is 30.7 Å². The van der Waals surface area contributed by atoms with Crippen molar-refractivity contribution in [2.45, 2.75) is 6.92 Å². The molecule has 0 unspecified atom stereocenters. The fourth-order valence-corrected chi connectivity index (χ4v) is 2.57. The van der Waals surface area contributed by atoms with Crippen molar-refractivity contribution in [1.82, 2.24) is 9.97 Å². The van der Waals surface area contributed by atoms with Gasteiger partial charge in [0.2, 0.25) is 0 Å². The number of esters is 1. The summed E-state index contributed by atoms with van der Waals surface area (Å²) in [7, 11) is 0. The van der Waals surface area contributed by atoms with Crippen LogP contribution in [0.25, 0.3) is 11.1 Å². The van der Waals surface area contributed by atoms with Crippen LogP contribution in [0, 0.1) is 0 Å². The van der Waals surface area contributed by atoms with Crippen molar-refractivity contribution in [1.29, 1.82) is 0 Å². The second kappa shape index (κ2) is 8.68. The number of Topliss-reactive ketones (excluding diaryl/α,β-unsaturated/α-hetero) is 1. The van der Waals surface area contributed by atoms with Crippen LogP contribution < -0.4 is 5.32 Å². The van der Waals surface area contributed by atoms with Crippen molar-refractivity contribution in [3.63, 3.8) is 0 Å². The minimum absolute atomic E-state index is 0.107. The van der Waals surface area contributed by atoms with Gasteiger partial charge in [0.25, 0.3) is 5.91 Å². The summed E-state index contributed by atoms with van der Waals surface area (Å²) in [4.78, 5) is 43.9. The molecule has 28 heavy (non-hydrogen) atoms. The first-order valence-electron chi connectivity index (χ1n) is 8.47.